The minimum Gasteiger partial charge on any atom is -0.321 e. The van der Waals surface area contributed by atoms with Crippen molar-refractivity contribution < 1.29 is 13.2 Å². The van der Waals surface area contributed by atoms with Gasteiger partial charge in [0.2, 0.25) is 0 Å². The number of halogens is 3. The molecular weight excluding hydrogens is 365 g/mol. The van der Waals surface area contributed by atoms with Gasteiger partial charge in [-0.05, 0) is 48.2 Å². The Morgan fingerprint density at radius 1 is 1.00 bits per heavy atom. The van der Waals surface area contributed by atoms with Crippen LogP contribution < -0.4 is 5.73 Å². The summed E-state index contributed by atoms with van der Waals surface area (Å²) in [4.78, 5) is 12.9. The first-order valence-corrected chi connectivity index (χ1v) is 9.40. The van der Waals surface area contributed by atoms with Gasteiger partial charge in [0.05, 0.1) is 17.3 Å². The number of aromatic nitrogens is 3. The molecule has 0 spiro atoms. The van der Waals surface area contributed by atoms with E-state index >= 15 is 0 Å². The van der Waals surface area contributed by atoms with Gasteiger partial charge in [-0.3, -0.25) is 4.98 Å². The van der Waals surface area contributed by atoms with Crippen molar-refractivity contribution in [3.63, 3.8) is 0 Å². The number of benzene rings is 1. The zero-order chi connectivity index (χ0) is 20.7. The molecule has 150 valence electrons. The summed E-state index contributed by atoms with van der Waals surface area (Å²) in [6.07, 6.45) is -1.33. The van der Waals surface area contributed by atoms with Crippen molar-refractivity contribution in [3.05, 3.63) is 54.2 Å². The first-order valence-electron chi connectivity index (χ1n) is 9.40. The van der Waals surface area contributed by atoms with Crippen LogP contribution in [-0.2, 0) is 6.42 Å². The molecule has 28 heavy (non-hydrogen) atoms. The van der Waals surface area contributed by atoms with Crippen LogP contribution in [-0.4, -0.2) is 21.1 Å². The minimum atomic E-state index is -4.23. The maximum absolute atomic E-state index is 12.4. The van der Waals surface area contributed by atoms with Crippen LogP contribution in [0.5, 0.6) is 0 Å². The number of hydrogen-bond donors (Lipinski definition) is 1. The monoisotopic (exact) mass is 390 g/mol. The van der Waals surface area contributed by atoms with E-state index in [0.29, 0.717) is 11.9 Å². The van der Waals surface area contributed by atoms with Gasteiger partial charge in [0.15, 0.2) is 0 Å². The van der Waals surface area contributed by atoms with Crippen LogP contribution >= 0.6 is 0 Å². The summed E-state index contributed by atoms with van der Waals surface area (Å²) in [5, 5.41) is 0.883. The van der Waals surface area contributed by atoms with Crippen LogP contribution in [0.25, 0.3) is 22.0 Å². The van der Waals surface area contributed by atoms with Gasteiger partial charge in [-0.2, -0.15) is 13.2 Å². The molecule has 3 rings (SSSR count). The average Bonchev–Trinajstić information content (AvgIpc) is 2.72. The SMILES string of the molecule is CC.CCc1nc(C(N)CCC(F)(F)F)nc2ccc(-c3ccncc3)cc12. The Hall–Kier alpha value is -2.54. The van der Waals surface area contributed by atoms with Gasteiger partial charge in [0.1, 0.15) is 5.82 Å². The van der Waals surface area contributed by atoms with E-state index in [1.165, 1.54) is 0 Å². The van der Waals surface area contributed by atoms with Gasteiger partial charge >= 0.3 is 6.18 Å². The number of nitrogens with two attached hydrogens (primary N) is 1. The second-order valence-electron chi connectivity index (χ2n) is 6.11. The van der Waals surface area contributed by atoms with Crippen LogP contribution in [0.1, 0.15) is 51.2 Å². The molecule has 1 aromatic carbocycles. The third-order valence-electron chi connectivity index (χ3n) is 4.21. The molecule has 0 aliphatic carbocycles. The third kappa shape index (κ3) is 5.48. The molecule has 1 unspecified atom stereocenters. The van der Waals surface area contributed by atoms with Gasteiger partial charge in [0, 0.05) is 24.2 Å². The topological polar surface area (TPSA) is 64.7 Å². The predicted octanol–water partition coefficient (Wildman–Crippen LogP) is 5.62. The summed E-state index contributed by atoms with van der Waals surface area (Å²) in [6.45, 7) is 5.95. The molecule has 0 aliphatic heterocycles. The molecule has 0 aliphatic rings. The zero-order valence-electron chi connectivity index (χ0n) is 16.3. The Kier molecular flexibility index (Phi) is 7.45. The zero-order valence-corrected chi connectivity index (χ0v) is 16.3. The molecule has 0 bridgehead atoms. The van der Waals surface area contributed by atoms with Crippen molar-refractivity contribution in [1.29, 1.82) is 0 Å². The number of fused-ring (bicyclic) bond motifs is 1. The van der Waals surface area contributed by atoms with Crippen molar-refractivity contribution in [2.24, 2.45) is 5.73 Å². The predicted molar refractivity (Wildman–Crippen MR) is 106 cm³/mol. The second-order valence-corrected chi connectivity index (χ2v) is 6.11. The van der Waals surface area contributed by atoms with Crippen LogP contribution in [0.2, 0.25) is 0 Å². The van der Waals surface area contributed by atoms with E-state index in [1.54, 1.807) is 12.4 Å². The first-order chi connectivity index (χ1) is 13.4. The smallest absolute Gasteiger partial charge is 0.321 e. The van der Waals surface area contributed by atoms with Gasteiger partial charge in [-0.25, -0.2) is 9.97 Å². The lowest BCUT2D eigenvalue weighted by molar-refractivity contribution is -0.136. The highest BCUT2D eigenvalue weighted by Crippen LogP contribution is 2.28. The largest absolute Gasteiger partial charge is 0.389 e. The number of aryl methyl sites for hydroxylation is 1. The molecule has 0 radical (unpaired) electrons. The molecule has 0 saturated carbocycles. The fraction of sp³-hybridized carbons (Fsp3) is 0.381. The average molecular weight is 390 g/mol. The van der Waals surface area contributed by atoms with Crippen LogP contribution in [0.4, 0.5) is 13.2 Å². The van der Waals surface area contributed by atoms with Crippen molar-refractivity contribution in [2.45, 2.75) is 52.3 Å². The van der Waals surface area contributed by atoms with E-state index in [4.69, 9.17) is 5.73 Å². The van der Waals surface area contributed by atoms with Crippen molar-refractivity contribution in [2.75, 3.05) is 0 Å². The van der Waals surface area contributed by atoms with Gasteiger partial charge in [-0.1, -0.05) is 26.8 Å². The highest BCUT2D eigenvalue weighted by Gasteiger charge is 2.28. The van der Waals surface area contributed by atoms with Crippen LogP contribution in [0.15, 0.2) is 42.7 Å². The Morgan fingerprint density at radius 2 is 1.68 bits per heavy atom. The Balaban J connectivity index is 0.00000136. The summed E-state index contributed by atoms with van der Waals surface area (Å²) < 4.78 is 37.3. The second kappa shape index (κ2) is 9.59. The molecule has 7 heteroatoms. The Labute approximate surface area is 163 Å². The van der Waals surface area contributed by atoms with E-state index in [9.17, 15) is 13.2 Å². The number of nitrogens with zero attached hydrogens (tertiary/aromatic N) is 3. The molecule has 0 fully saturated rings. The Morgan fingerprint density at radius 3 is 2.29 bits per heavy atom. The lowest BCUT2D eigenvalue weighted by Crippen LogP contribution is -2.18. The molecular formula is C21H25F3N4. The van der Waals surface area contributed by atoms with Crippen molar-refractivity contribution in [3.8, 4) is 11.1 Å². The molecule has 2 heterocycles. The molecule has 0 amide bonds. The van der Waals surface area contributed by atoms with Gasteiger partial charge in [0.25, 0.3) is 0 Å². The fourth-order valence-electron chi connectivity index (χ4n) is 2.82. The van der Waals surface area contributed by atoms with E-state index in [1.807, 2.05) is 51.1 Å². The third-order valence-corrected chi connectivity index (χ3v) is 4.21. The molecule has 1 atom stereocenters. The molecule has 0 saturated heterocycles. The van der Waals surface area contributed by atoms with E-state index in [0.717, 1.165) is 22.2 Å². The summed E-state index contributed by atoms with van der Waals surface area (Å²) in [7, 11) is 0. The summed E-state index contributed by atoms with van der Waals surface area (Å²) >= 11 is 0. The maximum Gasteiger partial charge on any atom is 0.389 e. The highest BCUT2D eigenvalue weighted by molar-refractivity contribution is 5.86. The van der Waals surface area contributed by atoms with Crippen molar-refractivity contribution >= 4 is 10.9 Å². The molecule has 2 aromatic heterocycles. The number of alkyl halides is 3. The quantitative estimate of drug-likeness (QED) is 0.614. The van der Waals surface area contributed by atoms with Gasteiger partial charge < -0.3 is 5.73 Å². The summed E-state index contributed by atoms with van der Waals surface area (Å²) in [5.41, 5.74) is 9.40. The first kappa shape index (κ1) is 21.8. The lowest BCUT2D eigenvalue weighted by Gasteiger charge is -2.15. The number of rotatable bonds is 5. The highest BCUT2D eigenvalue weighted by atomic mass is 19.4. The lowest BCUT2D eigenvalue weighted by atomic mass is 10.0. The van der Waals surface area contributed by atoms with Crippen LogP contribution in [0.3, 0.4) is 0 Å². The van der Waals surface area contributed by atoms with Crippen LogP contribution in [0, 0.1) is 0 Å². The molecule has 4 nitrogen and oxygen atoms in total. The summed E-state index contributed by atoms with van der Waals surface area (Å²) in [5.74, 6) is 0.260. The van der Waals surface area contributed by atoms with Crippen molar-refractivity contribution in [1.82, 2.24) is 15.0 Å². The Bertz CT molecular complexity index is 895. The van der Waals surface area contributed by atoms with E-state index in [2.05, 4.69) is 15.0 Å². The normalized spacial score (nSPS) is 12.4. The molecule has 2 N–H and O–H groups in total. The number of hydrogen-bond acceptors (Lipinski definition) is 4. The summed E-state index contributed by atoms with van der Waals surface area (Å²) in [6, 6.07) is 8.76. The minimum absolute atomic E-state index is 0.229. The van der Waals surface area contributed by atoms with E-state index in [-0.39, 0.29) is 12.2 Å². The number of pyridine rings is 1. The molecule has 3 aromatic rings. The standard InChI is InChI=1S/C19H19F3N4.C2H6/c1-2-16-14-11-13(12-6-9-24-10-7-12)3-4-17(14)26-18(25-16)15(23)5-8-19(20,21)22;1-2/h3-4,6-7,9-11,15H,2,5,8,23H2,1H3;1-2H3. The van der Waals surface area contributed by atoms with Gasteiger partial charge in [-0.15, -0.1) is 0 Å². The maximum atomic E-state index is 12.4. The van der Waals surface area contributed by atoms with E-state index < -0.39 is 18.6 Å². The fourth-order valence-corrected chi connectivity index (χ4v) is 2.82.